The van der Waals surface area contributed by atoms with E-state index in [1.807, 2.05) is 30.3 Å². The fraction of sp³-hybridized carbons (Fsp3) is 0.370. The number of nitrogens with one attached hydrogen (secondary N) is 3. The number of nitrogens with two attached hydrogens (primary N) is 1. The molecule has 4 rings (SSSR count). The second-order valence-electron chi connectivity index (χ2n) is 9.44. The van der Waals surface area contributed by atoms with Crippen molar-refractivity contribution >= 4 is 23.7 Å². The number of carbonyl (C=O) groups is 3. The Morgan fingerprint density at radius 3 is 2.49 bits per heavy atom. The van der Waals surface area contributed by atoms with Crippen LogP contribution in [0, 0.1) is 5.92 Å². The number of aliphatic hydroxyl groups is 1. The van der Waals surface area contributed by atoms with E-state index in [1.54, 1.807) is 30.5 Å². The number of alkyl carbamates (subject to hydrolysis) is 1. The standard InChI is InChI=1S/C27H33N7O5/c28-26(37)29-14-4-7-23(25(36)30-21-12-8-18(16-35)9-13-21)34-15-22(32-33-34)24(20-10-11-20)31-27(38)39-17-19-5-2-1-3-6-19/h1-3,5-6,8-9,12-13,15,20,23-24,35H,4,7,10-11,14,16-17H2,(H,30,36)(H,31,38)(H3,28,29,37)/t23-,24+/m0/s1. The Hall–Kier alpha value is -4.45. The maximum absolute atomic E-state index is 13.3. The molecule has 2 atom stereocenters. The molecule has 1 saturated carbocycles. The average Bonchev–Trinajstić information content (AvgIpc) is 3.67. The molecule has 1 aliphatic rings. The first-order chi connectivity index (χ1) is 18.9. The summed E-state index contributed by atoms with van der Waals surface area (Å²) in [7, 11) is 0. The van der Waals surface area contributed by atoms with E-state index in [0.717, 1.165) is 24.0 Å². The fourth-order valence-electron chi connectivity index (χ4n) is 4.15. The molecule has 0 saturated heterocycles. The normalized spacial score (nSPS) is 14.2. The van der Waals surface area contributed by atoms with Gasteiger partial charge in [0.05, 0.1) is 18.8 Å². The van der Waals surface area contributed by atoms with Crippen molar-refractivity contribution in [2.75, 3.05) is 11.9 Å². The number of nitrogens with zero attached hydrogens (tertiary/aromatic N) is 3. The molecular formula is C27H33N7O5. The summed E-state index contributed by atoms with van der Waals surface area (Å²) in [5, 5.41) is 26.1. The van der Waals surface area contributed by atoms with Crippen LogP contribution in [0.4, 0.5) is 15.3 Å². The van der Waals surface area contributed by atoms with Crippen molar-refractivity contribution in [2.45, 2.75) is 51.0 Å². The summed E-state index contributed by atoms with van der Waals surface area (Å²) in [5.74, 6) is -0.114. The fourth-order valence-corrected chi connectivity index (χ4v) is 4.15. The number of anilines is 1. The lowest BCUT2D eigenvalue weighted by atomic mass is 10.1. The zero-order valence-electron chi connectivity index (χ0n) is 21.5. The first kappa shape index (κ1) is 27.6. The van der Waals surface area contributed by atoms with Gasteiger partial charge in [-0.25, -0.2) is 14.3 Å². The summed E-state index contributed by atoms with van der Waals surface area (Å²) in [4.78, 5) is 36.9. The predicted molar refractivity (Wildman–Crippen MR) is 142 cm³/mol. The highest BCUT2D eigenvalue weighted by Crippen LogP contribution is 2.40. The van der Waals surface area contributed by atoms with Crippen molar-refractivity contribution in [1.29, 1.82) is 0 Å². The van der Waals surface area contributed by atoms with Gasteiger partial charge in [-0.1, -0.05) is 47.7 Å². The topological polar surface area (TPSA) is 173 Å². The number of aromatic nitrogens is 3. The summed E-state index contributed by atoms with van der Waals surface area (Å²) in [6.07, 6.45) is 3.80. The molecule has 4 amide bonds. The summed E-state index contributed by atoms with van der Waals surface area (Å²) in [6, 6.07) is 14.5. The SMILES string of the molecule is NC(=O)NCCC[C@@H](C(=O)Nc1ccc(CO)cc1)n1cc([C@H](NC(=O)OCc2ccccc2)C2CC2)nn1. The van der Waals surface area contributed by atoms with Gasteiger partial charge in [0.2, 0.25) is 5.91 Å². The van der Waals surface area contributed by atoms with Crippen molar-refractivity contribution in [3.63, 3.8) is 0 Å². The molecule has 12 heteroatoms. The first-order valence-electron chi connectivity index (χ1n) is 12.9. The lowest BCUT2D eigenvalue weighted by Gasteiger charge is -2.18. The van der Waals surface area contributed by atoms with Crippen LogP contribution >= 0.6 is 0 Å². The number of carbonyl (C=O) groups excluding carboxylic acids is 3. The Labute approximate surface area is 225 Å². The third-order valence-corrected chi connectivity index (χ3v) is 6.41. The molecule has 1 heterocycles. The van der Waals surface area contributed by atoms with Crippen LogP contribution in [-0.2, 0) is 22.7 Å². The molecule has 0 spiro atoms. The first-order valence-corrected chi connectivity index (χ1v) is 12.9. The molecule has 206 valence electrons. The van der Waals surface area contributed by atoms with E-state index < -0.39 is 24.2 Å². The highest BCUT2D eigenvalue weighted by atomic mass is 16.5. The molecule has 12 nitrogen and oxygen atoms in total. The summed E-state index contributed by atoms with van der Waals surface area (Å²) >= 11 is 0. The molecule has 0 unspecified atom stereocenters. The molecule has 1 fully saturated rings. The molecule has 39 heavy (non-hydrogen) atoms. The van der Waals surface area contributed by atoms with E-state index in [9.17, 15) is 19.5 Å². The second kappa shape index (κ2) is 13.4. The van der Waals surface area contributed by atoms with Crippen LogP contribution in [0.5, 0.6) is 0 Å². The lowest BCUT2D eigenvalue weighted by Crippen LogP contribution is -2.32. The van der Waals surface area contributed by atoms with Crippen molar-refractivity contribution in [2.24, 2.45) is 11.7 Å². The van der Waals surface area contributed by atoms with E-state index in [2.05, 4.69) is 26.3 Å². The van der Waals surface area contributed by atoms with Crippen LogP contribution < -0.4 is 21.7 Å². The van der Waals surface area contributed by atoms with Gasteiger partial charge in [0.25, 0.3) is 0 Å². The third kappa shape index (κ3) is 8.27. The maximum Gasteiger partial charge on any atom is 0.408 e. The number of hydrogen-bond donors (Lipinski definition) is 5. The van der Waals surface area contributed by atoms with Gasteiger partial charge in [0.15, 0.2) is 0 Å². The van der Waals surface area contributed by atoms with Crippen LogP contribution in [0.1, 0.15) is 54.6 Å². The number of amides is 4. The number of hydrogen-bond acceptors (Lipinski definition) is 7. The average molecular weight is 536 g/mol. The maximum atomic E-state index is 13.3. The van der Waals surface area contributed by atoms with Gasteiger partial charge in [0, 0.05) is 12.2 Å². The number of benzene rings is 2. The zero-order chi connectivity index (χ0) is 27.6. The van der Waals surface area contributed by atoms with Crippen molar-refractivity contribution in [1.82, 2.24) is 25.6 Å². The van der Waals surface area contributed by atoms with E-state index >= 15 is 0 Å². The molecule has 3 aromatic rings. The number of urea groups is 1. The highest BCUT2D eigenvalue weighted by Gasteiger charge is 2.36. The molecule has 0 bridgehead atoms. The van der Waals surface area contributed by atoms with Crippen LogP contribution in [-0.4, -0.2) is 44.7 Å². The Morgan fingerprint density at radius 2 is 1.82 bits per heavy atom. The van der Waals surface area contributed by atoms with Crippen LogP contribution in [0.3, 0.4) is 0 Å². The van der Waals surface area contributed by atoms with Crippen molar-refractivity contribution in [3.8, 4) is 0 Å². The van der Waals surface area contributed by atoms with Gasteiger partial charge in [-0.15, -0.1) is 5.10 Å². The molecule has 0 aliphatic heterocycles. The quantitative estimate of drug-likeness (QED) is 0.209. The van der Waals surface area contributed by atoms with Crippen molar-refractivity contribution in [3.05, 3.63) is 77.6 Å². The minimum absolute atomic E-state index is 0.0958. The molecule has 6 N–H and O–H groups in total. The van der Waals surface area contributed by atoms with E-state index in [0.29, 0.717) is 30.8 Å². The van der Waals surface area contributed by atoms with Crippen molar-refractivity contribution < 1.29 is 24.2 Å². The van der Waals surface area contributed by atoms with Crippen LogP contribution in [0.15, 0.2) is 60.8 Å². The molecular weight excluding hydrogens is 502 g/mol. The van der Waals surface area contributed by atoms with Crippen LogP contribution in [0.25, 0.3) is 0 Å². The predicted octanol–water partition coefficient (Wildman–Crippen LogP) is 2.78. The number of primary amides is 1. The van der Waals surface area contributed by atoms with Gasteiger partial charge in [-0.05, 0) is 54.9 Å². The Morgan fingerprint density at radius 1 is 1.08 bits per heavy atom. The molecule has 1 aliphatic carbocycles. The minimum Gasteiger partial charge on any atom is -0.445 e. The Bertz CT molecular complexity index is 1240. The minimum atomic E-state index is -0.733. The smallest absolute Gasteiger partial charge is 0.408 e. The van der Waals surface area contributed by atoms with Gasteiger partial charge in [0.1, 0.15) is 18.3 Å². The van der Waals surface area contributed by atoms with Gasteiger partial charge < -0.3 is 31.5 Å². The molecule has 2 aromatic carbocycles. The third-order valence-electron chi connectivity index (χ3n) is 6.41. The monoisotopic (exact) mass is 535 g/mol. The number of aliphatic hydroxyl groups excluding tert-OH is 1. The van der Waals surface area contributed by atoms with Gasteiger partial charge in [-0.3, -0.25) is 4.79 Å². The van der Waals surface area contributed by atoms with Crippen LogP contribution in [0.2, 0.25) is 0 Å². The summed E-state index contributed by atoms with van der Waals surface area (Å²) in [6.45, 7) is 0.352. The van der Waals surface area contributed by atoms with Gasteiger partial charge in [-0.2, -0.15) is 0 Å². The Balaban J connectivity index is 1.44. The molecule has 0 radical (unpaired) electrons. The summed E-state index contributed by atoms with van der Waals surface area (Å²) < 4.78 is 6.86. The number of rotatable bonds is 13. The number of ether oxygens (including phenoxy) is 1. The lowest BCUT2D eigenvalue weighted by molar-refractivity contribution is -0.119. The Kier molecular flexibility index (Phi) is 9.46. The largest absolute Gasteiger partial charge is 0.445 e. The second-order valence-corrected chi connectivity index (χ2v) is 9.44. The zero-order valence-corrected chi connectivity index (χ0v) is 21.5. The van der Waals surface area contributed by atoms with E-state index in [-0.39, 0.29) is 25.0 Å². The summed E-state index contributed by atoms with van der Waals surface area (Å²) in [5.41, 5.74) is 7.86. The molecule has 1 aromatic heterocycles. The highest BCUT2D eigenvalue weighted by molar-refractivity contribution is 5.93. The van der Waals surface area contributed by atoms with Gasteiger partial charge >= 0.3 is 12.1 Å². The van der Waals surface area contributed by atoms with E-state index in [4.69, 9.17) is 10.5 Å². The van der Waals surface area contributed by atoms with E-state index in [1.165, 1.54) is 4.68 Å².